The van der Waals surface area contributed by atoms with Crippen LogP contribution in [0.4, 0.5) is 10.2 Å². The third-order valence-electron chi connectivity index (χ3n) is 5.27. The molecule has 0 aliphatic rings. The number of H-pyrrole nitrogens is 1. The number of para-hydroxylation sites is 1. The molecule has 4 nitrogen and oxygen atoms in total. The van der Waals surface area contributed by atoms with Gasteiger partial charge < -0.3 is 10.3 Å². The van der Waals surface area contributed by atoms with E-state index in [9.17, 15) is 4.39 Å². The van der Waals surface area contributed by atoms with E-state index >= 15 is 0 Å². The normalized spacial score (nSPS) is 11.0. The Morgan fingerprint density at radius 3 is 2.42 bits per heavy atom. The number of anilines is 1. The highest BCUT2D eigenvalue weighted by molar-refractivity contribution is 5.83. The predicted octanol–water partition coefficient (Wildman–Crippen LogP) is 6.09. The summed E-state index contributed by atoms with van der Waals surface area (Å²) in [6, 6.07) is 26.5. The Morgan fingerprint density at radius 2 is 1.58 bits per heavy atom. The van der Waals surface area contributed by atoms with Crippen molar-refractivity contribution < 1.29 is 4.39 Å². The molecule has 152 valence electrons. The van der Waals surface area contributed by atoms with Gasteiger partial charge in [0.05, 0.1) is 5.69 Å². The average molecular weight is 408 g/mol. The van der Waals surface area contributed by atoms with Gasteiger partial charge >= 0.3 is 0 Å². The van der Waals surface area contributed by atoms with Crippen molar-refractivity contribution in [2.24, 2.45) is 0 Å². The summed E-state index contributed by atoms with van der Waals surface area (Å²) in [4.78, 5) is 12.8. The lowest BCUT2D eigenvalue weighted by Crippen LogP contribution is -2.07. The smallest absolute Gasteiger partial charge is 0.162 e. The van der Waals surface area contributed by atoms with Crippen LogP contribution < -0.4 is 5.32 Å². The van der Waals surface area contributed by atoms with Crippen LogP contribution in [0.2, 0.25) is 0 Å². The second-order valence-corrected chi connectivity index (χ2v) is 7.37. The highest BCUT2D eigenvalue weighted by Crippen LogP contribution is 2.25. The minimum Gasteiger partial charge on any atom is -0.370 e. The molecular weight excluding hydrogens is 387 g/mol. The van der Waals surface area contributed by atoms with Crippen LogP contribution in [-0.4, -0.2) is 21.5 Å². The van der Waals surface area contributed by atoms with E-state index in [1.54, 1.807) is 12.1 Å². The van der Waals surface area contributed by atoms with Crippen molar-refractivity contribution in [1.82, 2.24) is 15.0 Å². The van der Waals surface area contributed by atoms with Gasteiger partial charge in [0.2, 0.25) is 0 Å². The minimum absolute atomic E-state index is 0.266. The summed E-state index contributed by atoms with van der Waals surface area (Å²) in [5.74, 6) is 1.11. The maximum absolute atomic E-state index is 13.4. The first-order valence-electron chi connectivity index (χ1n) is 10.3. The Balaban J connectivity index is 1.42. The zero-order valence-electron chi connectivity index (χ0n) is 16.8. The Labute approximate surface area is 179 Å². The molecule has 5 heteroatoms. The molecule has 0 bridgehead atoms. The van der Waals surface area contributed by atoms with Crippen molar-refractivity contribution in [3.05, 3.63) is 103 Å². The quantitative estimate of drug-likeness (QED) is 0.358. The summed E-state index contributed by atoms with van der Waals surface area (Å²) in [7, 11) is 0. The molecule has 0 saturated heterocycles. The summed E-state index contributed by atoms with van der Waals surface area (Å²) in [5.41, 5.74) is 4.94. The van der Waals surface area contributed by atoms with Gasteiger partial charge in [0.15, 0.2) is 5.82 Å². The highest BCUT2D eigenvalue weighted by atomic mass is 19.1. The molecule has 5 rings (SSSR count). The Bertz CT molecular complexity index is 1310. The number of hydrogen-bond donors (Lipinski definition) is 2. The first-order chi connectivity index (χ1) is 15.3. The van der Waals surface area contributed by atoms with Crippen LogP contribution in [0.25, 0.3) is 33.5 Å². The molecule has 0 aliphatic carbocycles. The fourth-order valence-corrected chi connectivity index (χ4v) is 3.69. The van der Waals surface area contributed by atoms with E-state index in [1.165, 1.54) is 23.1 Å². The number of aromatic amines is 1. The molecule has 0 spiro atoms. The maximum atomic E-state index is 13.4. The third kappa shape index (κ3) is 4.16. The van der Waals surface area contributed by atoms with Crippen molar-refractivity contribution in [3.63, 3.8) is 0 Å². The molecule has 0 fully saturated rings. The molecule has 2 N–H and O–H groups in total. The number of rotatable bonds is 6. The van der Waals surface area contributed by atoms with E-state index < -0.39 is 0 Å². The van der Waals surface area contributed by atoms with Gasteiger partial charge in [0, 0.05) is 40.8 Å². The topological polar surface area (TPSA) is 53.6 Å². The molecule has 0 unspecified atom stereocenters. The summed E-state index contributed by atoms with van der Waals surface area (Å²) >= 11 is 0. The lowest BCUT2D eigenvalue weighted by Gasteiger charge is -2.11. The first kappa shape index (κ1) is 19.0. The molecule has 0 aliphatic heterocycles. The Morgan fingerprint density at radius 1 is 0.806 bits per heavy atom. The van der Waals surface area contributed by atoms with Crippen molar-refractivity contribution >= 4 is 16.7 Å². The number of nitrogens with zero attached hydrogens (tertiary/aromatic N) is 2. The van der Waals surface area contributed by atoms with Gasteiger partial charge in [-0.05, 0) is 42.3 Å². The van der Waals surface area contributed by atoms with Gasteiger partial charge in [-0.2, -0.15) is 0 Å². The van der Waals surface area contributed by atoms with Crippen LogP contribution >= 0.6 is 0 Å². The fourth-order valence-electron chi connectivity index (χ4n) is 3.69. The largest absolute Gasteiger partial charge is 0.370 e. The van der Waals surface area contributed by atoms with E-state index in [4.69, 9.17) is 9.97 Å². The summed E-state index contributed by atoms with van der Waals surface area (Å²) in [5, 5.41) is 4.68. The first-order valence-corrected chi connectivity index (χ1v) is 10.3. The number of fused-ring (bicyclic) bond motifs is 1. The third-order valence-corrected chi connectivity index (χ3v) is 5.27. The van der Waals surface area contributed by atoms with Crippen LogP contribution in [0.3, 0.4) is 0 Å². The number of nitrogens with one attached hydrogen (secondary N) is 2. The lowest BCUT2D eigenvalue weighted by molar-refractivity contribution is 0.628. The molecule has 0 atom stereocenters. The molecule has 5 aromatic rings. The van der Waals surface area contributed by atoms with Crippen molar-refractivity contribution in [1.29, 1.82) is 0 Å². The van der Waals surface area contributed by atoms with Gasteiger partial charge in [0.1, 0.15) is 11.6 Å². The zero-order chi connectivity index (χ0) is 21.0. The number of halogens is 1. The van der Waals surface area contributed by atoms with E-state index in [-0.39, 0.29) is 5.82 Å². The summed E-state index contributed by atoms with van der Waals surface area (Å²) < 4.78 is 13.4. The number of hydrogen-bond acceptors (Lipinski definition) is 3. The molecule has 31 heavy (non-hydrogen) atoms. The van der Waals surface area contributed by atoms with Gasteiger partial charge in [-0.15, -0.1) is 0 Å². The van der Waals surface area contributed by atoms with Gasteiger partial charge in [-0.3, -0.25) is 0 Å². The number of aromatic nitrogens is 3. The van der Waals surface area contributed by atoms with E-state index in [0.29, 0.717) is 5.82 Å². The predicted molar refractivity (Wildman–Crippen MR) is 123 cm³/mol. The molecule has 0 saturated carbocycles. The van der Waals surface area contributed by atoms with E-state index in [0.717, 1.165) is 41.1 Å². The zero-order valence-corrected chi connectivity index (χ0v) is 16.8. The second kappa shape index (κ2) is 8.40. The molecule has 2 aromatic heterocycles. The fraction of sp³-hybridized carbons (Fsp3) is 0.0769. The Kier molecular flexibility index (Phi) is 5.15. The summed E-state index contributed by atoms with van der Waals surface area (Å²) in [6.07, 6.45) is 2.92. The monoisotopic (exact) mass is 408 g/mol. The van der Waals surface area contributed by atoms with Gasteiger partial charge in [0.25, 0.3) is 0 Å². The SMILES string of the molecule is Fc1ccc(-c2cc(NCCc3c[nH]c4ccccc34)nc(-c3ccccc3)n2)cc1. The van der Waals surface area contributed by atoms with Crippen molar-refractivity contribution in [3.8, 4) is 22.6 Å². The molecule has 2 heterocycles. The van der Waals surface area contributed by atoms with E-state index in [1.807, 2.05) is 42.5 Å². The van der Waals surface area contributed by atoms with Gasteiger partial charge in [-0.1, -0.05) is 48.5 Å². The highest BCUT2D eigenvalue weighted by Gasteiger charge is 2.10. The average Bonchev–Trinajstić information content (AvgIpc) is 3.23. The second-order valence-electron chi connectivity index (χ2n) is 7.37. The number of benzene rings is 3. The minimum atomic E-state index is -0.266. The standard InChI is InChI=1S/C26H21FN4/c27-21-12-10-18(11-13-21)24-16-25(31-26(30-24)19-6-2-1-3-7-19)28-15-14-20-17-29-23-9-5-4-8-22(20)23/h1-13,16-17,29H,14-15H2,(H,28,30,31). The van der Waals surface area contributed by atoms with Crippen LogP contribution in [0, 0.1) is 5.82 Å². The van der Waals surface area contributed by atoms with Crippen LogP contribution in [0.5, 0.6) is 0 Å². The van der Waals surface area contributed by atoms with E-state index in [2.05, 4.69) is 34.7 Å². The van der Waals surface area contributed by atoms with Crippen LogP contribution in [0.1, 0.15) is 5.56 Å². The summed E-state index contributed by atoms with van der Waals surface area (Å²) in [6.45, 7) is 0.732. The molecule has 0 amide bonds. The molecule has 3 aromatic carbocycles. The van der Waals surface area contributed by atoms with Crippen molar-refractivity contribution in [2.75, 3.05) is 11.9 Å². The van der Waals surface area contributed by atoms with Crippen LogP contribution in [0.15, 0.2) is 91.1 Å². The molecular formula is C26H21FN4. The molecule has 0 radical (unpaired) electrons. The maximum Gasteiger partial charge on any atom is 0.162 e. The Hall–Kier alpha value is -3.99. The van der Waals surface area contributed by atoms with Crippen molar-refractivity contribution in [2.45, 2.75) is 6.42 Å². The van der Waals surface area contributed by atoms with Crippen LogP contribution in [-0.2, 0) is 6.42 Å². The lowest BCUT2D eigenvalue weighted by atomic mass is 10.1. The van der Waals surface area contributed by atoms with Gasteiger partial charge in [-0.25, -0.2) is 14.4 Å².